The van der Waals surface area contributed by atoms with Gasteiger partial charge < -0.3 is 9.64 Å². The topological polar surface area (TPSA) is 29.5 Å². The minimum absolute atomic E-state index is 0.192. The third-order valence-corrected chi connectivity index (χ3v) is 3.61. The zero-order chi connectivity index (χ0) is 13.8. The lowest BCUT2D eigenvalue weighted by Crippen LogP contribution is -2.40. The molecule has 3 nitrogen and oxygen atoms in total. The summed E-state index contributed by atoms with van der Waals surface area (Å²) in [4.78, 5) is 14.2. The van der Waals surface area contributed by atoms with Crippen LogP contribution in [0, 0.1) is 0 Å². The van der Waals surface area contributed by atoms with Crippen molar-refractivity contribution in [3.63, 3.8) is 0 Å². The van der Waals surface area contributed by atoms with Gasteiger partial charge in [-0.05, 0) is 31.0 Å². The number of Topliss-reactive ketones (excluding diaryl/α,β-unsaturated/α-hetero) is 1. The lowest BCUT2D eigenvalue weighted by atomic mass is 10.1. The van der Waals surface area contributed by atoms with E-state index in [1.807, 2.05) is 25.1 Å². The second-order valence-electron chi connectivity index (χ2n) is 5.05. The van der Waals surface area contributed by atoms with Crippen molar-refractivity contribution < 1.29 is 9.53 Å². The molecule has 1 aliphatic rings. The highest BCUT2D eigenvalue weighted by atomic mass is 16.5. The van der Waals surface area contributed by atoms with Crippen LogP contribution in [-0.4, -0.2) is 25.0 Å². The normalized spacial score (nSPS) is 17.8. The van der Waals surface area contributed by atoms with Gasteiger partial charge in [0.05, 0.1) is 12.2 Å². The molecule has 1 heterocycles. The van der Waals surface area contributed by atoms with E-state index < -0.39 is 0 Å². The average Bonchev–Trinajstić information content (AvgIpc) is 2.46. The van der Waals surface area contributed by atoms with E-state index in [0.29, 0.717) is 6.42 Å². The fraction of sp³-hybridized carbons (Fsp3) is 0.562. The van der Waals surface area contributed by atoms with Crippen LogP contribution in [0.5, 0.6) is 5.75 Å². The molecule has 1 aromatic carbocycles. The molecule has 1 aromatic rings. The smallest absolute Gasteiger partial charge is 0.162 e. The monoisotopic (exact) mass is 261 g/mol. The average molecular weight is 261 g/mol. The van der Waals surface area contributed by atoms with E-state index >= 15 is 0 Å². The van der Waals surface area contributed by atoms with Crippen molar-refractivity contribution >= 4 is 11.5 Å². The molecule has 1 atom stereocenters. The SMILES string of the molecule is CCCN1CC(CC)Oc2ccc(C(=O)CC)cc21. The lowest BCUT2D eigenvalue weighted by molar-refractivity contribution is 0.0988. The molecule has 0 N–H and O–H groups in total. The van der Waals surface area contributed by atoms with E-state index in [9.17, 15) is 4.79 Å². The fourth-order valence-electron chi connectivity index (χ4n) is 2.50. The molecule has 1 unspecified atom stereocenters. The summed E-state index contributed by atoms with van der Waals surface area (Å²) in [7, 11) is 0. The van der Waals surface area contributed by atoms with Gasteiger partial charge in [0, 0.05) is 18.5 Å². The van der Waals surface area contributed by atoms with Crippen molar-refractivity contribution in [2.75, 3.05) is 18.0 Å². The molecule has 0 radical (unpaired) electrons. The standard InChI is InChI=1S/C16H23NO2/c1-4-9-17-11-13(5-2)19-16-8-7-12(10-14(16)17)15(18)6-3/h7-8,10,13H,4-6,9,11H2,1-3H3. The summed E-state index contributed by atoms with van der Waals surface area (Å²) in [5.41, 5.74) is 1.87. The third-order valence-electron chi connectivity index (χ3n) is 3.61. The maximum Gasteiger partial charge on any atom is 0.162 e. The molecule has 0 saturated carbocycles. The first-order chi connectivity index (χ1) is 9.19. The minimum Gasteiger partial charge on any atom is -0.486 e. The van der Waals surface area contributed by atoms with Gasteiger partial charge in [0.15, 0.2) is 5.78 Å². The number of ether oxygens (including phenoxy) is 1. The number of ketones is 1. The zero-order valence-electron chi connectivity index (χ0n) is 12.1. The molecule has 1 aliphatic heterocycles. The molecule has 0 aliphatic carbocycles. The predicted octanol–water partition coefficient (Wildman–Crippen LogP) is 3.67. The number of benzene rings is 1. The number of nitrogens with zero attached hydrogens (tertiary/aromatic N) is 1. The number of fused-ring (bicyclic) bond motifs is 1. The maximum atomic E-state index is 11.8. The summed E-state index contributed by atoms with van der Waals surface area (Å²) >= 11 is 0. The summed E-state index contributed by atoms with van der Waals surface area (Å²) in [6.07, 6.45) is 2.91. The number of anilines is 1. The van der Waals surface area contributed by atoms with Crippen LogP contribution in [0.3, 0.4) is 0 Å². The van der Waals surface area contributed by atoms with Gasteiger partial charge >= 0.3 is 0 Å². The third kappa shape index (κ3) is 2.91. The first-order valence-electron chi connectivity index (χ1n) is 7.28. The second kappa shape index (κ2) is 6.09. The summed E-state index contributed by atoms with van der Waals surface area (Å²) in [5, 5.41) is 0. The minimum atomic E-state index is 0.192. The van der Waals surface area contributed by atoms with Gasteiger partial charge in [0.2, 0.25) is 0 Å². The number of carbonyl (C=O) groups is 1. The van der Waals surface area contributed by atoms with Crippen LogP contribution >= 0.6 is 0 Å². The molecule has 3 heteroatoms. The molecular formula is C16H23NO2. The molecule has 0 bridgehead atoms. The van der Waals surface area contributed by atoms with E-state index in [1.165, 1.54) is 0 Å². The molecule has 104 valence electrons. The molecule has 0 aromatic heterocycles. The first-order valence-corrected chi connectivity index (χ1v) is 7.28. The Morgan fingerprint density at radius 2 is 2.16 bits per heavy atom. The molecule has 19 heavy (non-hydrogen) atoms. The van der Waals surface area contributed by atoms with Gasteiger partial charge in [-0.1, -0.05) is 20.8 Å². The van der Waals surface area contributed by atoms with Crippen molar-refractivity contribution in [2.45, 2.75) is 46.1 Å². The molecule has 0 saturated heterocycles. The van der Waals surface area contributed by atoms with Crippen LogP contribution in [-0.2, 0) is 0 Å². The van der Waals surface area contributed by atoms with E-state index in [1.54, 1.807) is 0 Å². The van der Waals surface area contributed by atoms with Gasteiger partial charge in [-0.25, -0.2) is 0 Å². The Kier molecular flexibility index (Phi) is 4.46. The predicted molar refractivity (Wildman–Crippen MR) is 78.3 cm³/mol. The van der Waals surface area contributed by atoms with Crippen molar-refractivity contribution in [2.24, 2.45) is 0 Å². The number of rotatable bonds is 5. The Morgan fingerprint density at radius 1 is 1.37 bits per heavy atom. The Bertz CT molecular complexity index is 456. The van der Waals surface area contributed by atoms with Crippen molar-refractivity contribution in [3.05, 3.63) is 23.8 Å². The maximum absolute atomic E-state index is 11.8. The van der Waals surface area contributed by atoms with E-state index in [2.05, 4.69) is 18.7 Å². The summed E-state index contributed by atoms with van der Waals surface area (Å²) in [5.74, 6) is 1.11. The van der Waals surface area contributed by atoms with Gasteiger partial charge in [0.1, 0.15) is 11.9 Å². The van der Waals surface area contributed by atoms with Crippen LogP contribution in [0.2, 0.25) is 0 Å². The summed E-state index contributed by atoms with van der Waals surface area (Å²) in [6.45, 7) is 8.15. The summed E-state index contributed by atoms with van der Waals surface area (Å²) < 4.78 is 5.97. The Balaban J connectivity index is 2.34. The van der Waals surface area contributed by atoms with Crippen LogP contribution in [0.25, 0.3) is 0 Å². The van der Waals surface area contributed by atoms with E-state index in [0.717, 1.165) is 42.9 Å². The Hall–Kier alpha value is -1.51. The van der Waals surface area contributed by atoms with E-state index in [4.69, 9.17) is 4.74 Å². The molecule has 0 amide bonds. The second-order valence-corrected chi connectivity index (χ2v) is 5.05. The van der Waals surface area contributed by atoms with Gasteiger partial charge in [-0.2, -0.15) is 0 Å². The number of carbonyl (C=O) groups excluding carboxylic acids is 1. The highest BCUT2D eigenvalue weighted by molar-refractivity contribution is 5.97. The quantitative estimate of drug-likeness (QED) is 0.757. The fourth-order valence-corrected chi connectivity index (χ4v) is 2.50. The van der Waals surface area contributed by atoms with Crippen LogP contribution < -0.4 is 9.64 Å². The van der Waals surface area contributed by atoms with Crippen LogP contribution in [0.4, 0.5) is 5.69 Å². The van der Waals surface area contributed by atoms with Gasteiger partial charge in [-0.15, -0.1) is 0 Å². The molecule has 0 fully saturated rings. The molecular weight excluding hydrogens is 238 g/mol. The lowest BCUT2D eigenvalue weighted by Gasteiger charge is -2.36. The van der Waals surface area contributed by atoms with Crippen LogP contribution in [0.1, 0.15) is 50.4 Å². The van der Waals surface area contributed by atoms with Crippen molar-refractivity contribution in [1.82, 2.24) is 0 Å². The first kappa shape index (κ1) is 13.9. The highest BCUT2D eigenvalue weighted by Gasteiger charge is 2.24. The summed E-state index contributed by atoms with van der Waals surface area (Å²) in [6, 6.07) is 5.82. The van der Waals surface area contributed by atoms with E-state index in [-0.39, 0.29) is 11.9 Å². The van der Waals surface area contributed by atoms with Crippen molar-refractivity contribution in [3.8, 4) is 5.75 Å². The number of hydrogen-bond donors (Lipinski definition) is 0. The molecule has 2 rings (SSSR count). The molecule has 0 spiro atoms. The van der Waals surface area contributed by atoms with Crippen molar-refractivity contribution in [1.29, 1.82) is 0 Å². The van der Waals surface area contributed by atoms with Crippen LogP contribution in [0.15, 0.2) is 18.2 Å². The van der Waals surface area contributed by atoms with Gasteiger partial charge in [0.25, 0.3) is 0 Å². The Labute approximate surface area is 115 Å². The van der Waals surface area contributed by atoms with Gasteiger partial charge in [-0.3, -0.25) is 4.79 Å². The Morgan fingerprint density at radius 3 is 2.79 bits per heavy atom. The zero-order valence-corrected chi connectivity index (χ0v) is 12.1. The number of hydrogen-bond acceptors (Lipinski definition) is 3. The largest absolute Gasteiger partial charge is 0.486 e. The highest BCUT2D eigenvalue weighted by Crippen LogP contribution is 2.35.